The highest BCUT2D eigenvalue weighted by Crippen LogP contribution is 2.15. The van der Waals surface area contributed by atoms with Crippen molar-refractivity contribution in [1.82, 2.24) is 9.97 Å². The fraction of sp³-hybridized carbons (Fsp3) is 0.556. The number of anilines is 2. The van der Waals surface area contributed by atoms with E-state index >= 15 is 0 Å². The lowest BCUT2D eigenvalue weighted by atomic mass is 10.0. The highest BCUT2D eigenvalue weighted by atomic mass is 16.3. The van der Waals surface area contributed by atoms with E-state index < -0.39 is 0 Å². The van der Waals surface area contributed by atoms with Crippen molar-refractivity contribution < 1.29 is 5.11 Å². The second-order valence-corrected chi connectivity index (χ2v) is 3.52. The van der Waals surface area contributed by atoms with Crippen LogP contribution in [-0.4, -0.2) is 27.2 Å². The van der Waals surface area contributed by atoms with Crippen LogP contribution >= 0.6 is 0 Å². The second kappa shape index (κ2) is 4.23. The molecule has 78 valence electrons. The molecule has 4 N–H and O–H groups in total. The molecular formula is C9H16N4O. The van der Waals surface area contributed by atoms with Gasteiger partial charge in [-0.1, -0.05) is 6.92 Å². The van der Waals surface area contributed by atoms with Crippen molar-refractivity contribution in [2.45, 2.75) is 25.8 Å². The van der Waals surface area contributed by atoms with Crippen LogP contribution in [0.2, 0.25) is 0 Å². The monoisotopic (exact) mass is 196 g/mol. The minimum absolute atomic E-state index is 0.0511. The Bertz CT molecular complexity index is 281. The summed E-state index contributed by atoms with van der Waals surface area (Å²) in [7, 11) is 0. The molecule has 1 unspecified atom stereocenters. The van der Waals surface area contributed by atoms with Crippen LogP contribution in [0.15, 0.2) is 12.4 Å². The molecule has 0 aliphatic rings. The predicted octanol–water partition coefficient (Wildman–Crippen LogP) is 0.632. The zero-order valence-electron chi connectivity index (χ0n) is 8.49. The number of nitrogens with one attached hydrogen (secondary N) is 1. The molecule has 14 heavy (non-hydrogen) atoms. The van der Waals surface area contributed by atoms with Crippen molar-refractivity contribution in [1.29, 1.82) is 0 Å². The third kappa shape index (κ3) is 2.56. The van der Waals surface area contributed by atoms with Gasteiger partial charge in [-0.15, -0.1) is 0 Å². The summed E-state index contributed by atoms with van der Waals surface area (Å²) in [5, 5.41) is 12.3. The number of nitrogens with zero attached hydrogens (tertiary/aromatic N) is 2. The van der Waals surface area contributed by atoms with Gasteiger partial charge in [-0.25, -0.2) is 9.97 Å². The van der Waals surface area contributed by atoms with E-state index in [1.807, 2.05) is 13.8 Å². The molecule has 0 radical (unpaired) electrons. The zero-order valence-corrected chi connectivity index (χ0v) is 8.49. The minimum Gasteiger partial charge on any atom is -0.394 e. The lowest BCUT2D eigenvalue weighted by Crippen LogP contribution is -2.38. The summed E-state index contributed by atoms with van der Waals surface area (Å²) in [6, 6.07) is 0. The molecule has 1 heterocycles. The van der Waals surface area contributed by atoms with Gasteiger partial charge < -0.3 is 16.2 Å². The Morgan fingerprint density at radius 3 is 2.64 bits per heavy atom. The van der Waals surface area contributed by atoms with Gasteiger partial charge >= 0.3 is 0 Å². The van der Waals surface area contributed by atoms with E-state index in [9.17, 15) is 0 Å². The summed E-state index contributed by atoms with van der Waals surface area (Å²) >= 11 is 0. The average molecular weight is 196 g/mol. The average Bonchev–Trinajstić information content (AvgIpc) is 2.21. The number of aliphatic hydroxyl groups excluding tert-OH is 1. The van der Waals surface area contributed by atoms with Crippen LogP contribution in [0.3, 0.4) is 0 Å². The number of hydrogen-bond acceptors (Lipinski definition) is 5. The molecule has 5 nitrogen and oxygen atoms in total. The SMILES string of the molecule is CCC(C)(CO)Nc1cnc(N)cn1. The Labute approximate surface area is 83.4 Å². The summed E-state index contributed by atoms with van der Waals surface area (Å²) in [6.45, 7) is 3.97. The van der Waals surface area contributed by atoms with Crippen molar-refractivity contribution in [3.63, 3.8) is 0 Å². The topological polar surface area (TPSA) is 84.1 Å². The van der Waals surface area contributed by atoms with Gasteiger partial charge in [0.1, 0.15) is 11.6 Å². The van der Waals surface area contributed by atoms with Crippen LogP contribution in [0.25, 0.3) is 0 Å². The van der Waals surface area contributed by atoms with E-state index in [1.165, 1.54) is 6.20 Å². The molecule has 1 rings (SSSR count). The molecule has 0 spiro atoms. The number of aliphatic hydroxyl groups is 1. The van der Waals surface area contributed by atoms with Gasteiger partial charge in [0.25, 0.3) is 0 Å². The first-order chi connectivity index (χ1) is 6.59. The van der Waals surface area contributed by atoms with Crippen LogP contribution in [0.5, 0.6) is 0 Å². The van der Waals surface area contributed by atoms with Crippen LogP contribution in [-0.2, 0) is 0 Å². The van der Waals surface area contributed by atoms with Gasteiger partial charge in [0.15, 0.2) is 0 Å². The van der Waals surface area contributed by atoms with Crippen molar-refractivity contribution in [2.24, 2.45) is 0 Å². The first kappa shape index (κ1) is 10.7. The number of nitrogens with two attached hydrogens (primary N) is 1. The lowest BCUT2D eigenvalue weighted by Gasteiger charge is -2.27. The molecule has 0 aliphatic carbocycles. The van der Waals surface area contributed by atoms with Crippen LogP contribution < -0.4 is 11.1 Å². The number of hydrogen-bond donors (Lipinski definition) is 3. The van der Waals surface area contributed by atoms with E-state index in [0.717, 1.165) is 6.42 Å². The summed E-state index contributed by atoms with van der Waals surface area (Å²) in [6.07, 6.45) is 3.84. The standard InChI is InChI=1S/C9H16N4O/c1-3-9(2,6-14)13-8-5-11-7(10)4-12-8/h4-5,14H,3,6H2,1-2H3,(H2,10,11)(H,12,13). The lowest BCUT2D eigenvalue weighted by molar-refractivity contribution is 0.218. The van der Waals surface area contributed by atoms with Crippen molar-refractivity contribution in [2.75, 3.05) is 17.7 Å². The summed E-state index contributed by atoms with van der Waals surface area (Å²) < 4.78 is 0. The smallest absolute Gasteiger partial charge is 0.145 e. The van der Waals surface area contributed by atoms with Gasteiger partial charge in [0.2, 0.25) is 0 Å². The molecular weight excluding hydrogens is 180 g/mol. The maximum atomic E-state index is 9.17. The van der Waals surface area contributed by atoms with Gasteiger partial charge in [-0.05, 0) is 13.3 Å². The number of rotatable bonds is 4. The minimum atomic E-state index is -0.356. The summed E-state index contributed by atoms with van der Waals surface area (Å²) in [5.74, 6) is 1.01. The maximum Gasteiger partial charge on any atom is 0.145 e. The quantitative estimate of drug-likeness (QED) is 0.657. The van der Waals surface area contributed by atoms with E-state index in [-0.39, 0.29) is 12.1 Å². The molecule has 0 bridgehead atoms. The largest absolute Gasteiger partial charge is 0.394 e. The Morgan fingerprint density at radius 2 is 2.21 bits per heavy atom. The molecule has 0 aromatic carbocycles. The van der Waals surface area contributed by atoms with Gasteiger partial charge in [0, 0.05) is 0 Å². The van der Waals surface area contributed by atoms with Crippen LogP contribution in [0.1, 0.15) is 20.3 Å². The molecule has 1 aromatic rings. The Balaban J connectivity index is 2.72. The molecule has 0 fully saturated rings. The van der Waals surface area contributed by atoms with Crippen molar-refractivity contribution in [3.05, 3.63) is 12.4 Å². The van der Waals surface area contributed by atoms with Gasteiger partial charge in [-0.2, -0.15) is 0 Å². The first-order valence-electron chi connectivity index (χ1n) is 4.56. The molecule has 5 heteroatoms. The molecule has 0 saturated carbocycles. The third-order valence-corrected chi connectivity index (χ3v) is 2.23. The predicted molar refractivity (Wildman–Crippen MR) is 55.8 cm³/mol. The van der Waals surface area contributed by atoms with E-state index in [4.69, 9.17) is 10.8 Å². The fourth-order valence-electron chi connectivity index (χ4n) is 0.951. The second-order valence-electron chi connectivity index (χ2n) is 3.52. The molecule has 0 amide bonds. The third-order valence-electron chi connectivity index (χ3n) is 2.23. The van der Waals surface area contributed by atoms with Crippen LogP contribution in [0.4, 0.5) is 11.6 Å². The van der Waals surface area contributed by atoms with Gasteiger partial charge in [-0.3, -0.25) is 0 Å². The Hall–Kier alpha value is -1.36. The number of nitrogen functional groups attached to an aromatic ring is 1. The summed E-state index contributed by atoms with van der Waals surface area (Å²) in [4.78, 5) is 7.95. The number of aromatic nitrogens is 2. The maximum absolute atomic E-state index is 9.17. The molecule has 0 aliphatic heterocycles. The van der Waals surface area contributed by atoms with Crippen molar-refractivity contribution in [3.8, 4) is 0 Å². The zero-order chi connectivity index (χ0) is 10.6. The van der Waals surface area contributed by atoms with E-state index in [2.05, 4.69) is 15.3 Å². The highest BCUT2D eigenvalue weighted by molar-refractivity contribution is 5.38. The van der Waals surface area contributed by atoms with Crippen LogP contribution in [0, 0.1) is 0 Å². The first-order valence-corrected chi connectivity index (χ1v) is 4.56. The normalized spacial score (nSPS) is 14.8. The fourth-order valence-corrected chi connectivity index (χ4v) is 0.951. The van der Waals surface area contributed by atoms with E-state index in [1.54, 1.807) is 6.20 Å². The Kier molecular flexibility index (Phi) is 3.24. The highest BCUT2D eigenvalue weighted by Gasteiger charge is 2.20. The molecule has 0 saturated heterocycles. The summed E-state index contributed by atoms with van der Waals surface area (Å²) in [5.41, 5.74) is 5.05. The molecule has 1 atom stereocenters. The molecule has 1 aromatic heterocycles. The Morgan fingerprint density at radius 1 is 1.50 bits per heavy atom. The van der Waals surface area contributed by atoms with Gasteiger partial charge in [0.05, 0.1) is 24.5 Å². The van der Waals surface area contributed by atoms with Crippen molar-refractivity contribution >= 4 is 11.6 Å². The van der Waals surface area contributed by atoms with E-state index in [0.29, 0.717) is 11.6 Å².